The van der Waals surface area contributed by atoms with Crippen LogP contribution in [-0.2, 0) is 12.7 Å². The Kier molecular flexibility index (Phi) is 8.34. The van der Waals surface area contributed by atoms with Crippen molar-refractivity contribution in [3.8, 4) is 11.4 Å². The van der Waals surface area contributed by atoms with Crippen LogP contribution in [0, 0.1) is 5.82 Å². The number of alkyl halides is 7. The van der Waals surface area contributed by atoms with E-state index in [0.29, 0.717) is 12.4 Å². The fourth-order valence-corrected chi connectivity index (χ4v) is 4.21. The highest BCUT2D eigenvalue weighted by Gasteiger charge is 2.40. The molecular formula is C25H20F8N6O3. The van der Waals surface area contributed by atoms with Gasteiger partial charge in [-0.15, -0.1) is 0 Å². The first-order valence-electron chi connectivity index (χ1n) is 12.0. The molecule has 9 nitrogen and oxygen atoms in total. The van der Waals surface area contributed by atoms with Crippen molar-refractivity contribution >= 4 is 16.5 Å². The lowest BCUT2D eigenvalue weighted by molar-refractivity contribution is -0.206. The van der Waals surface area contributed by atoms with Crippen molar-refractivity contribution < 1.29 is 40.2 Å². The van der Waals surface area contributed by atoms with Gasteiger partial charge in [0.1, 0.15) is 17.6 Å². The number of aliphatic hydroxyl groups is 1. The molecule has 0 saturated heterocycles. The van der Waals surface area contributed by atoms with E-state index in [9.17, 15) is 49.8 Å². The fourth-order valence-electron chi connectivity index (χ4n) is 4.21. The molecule has 0 aliphatic carbocycles. The number of nitrogens with one attached hydrogen (secondary N) is 2. The van der Waals surface area contributed by atoms with Crippen LogP contribution in [-0.4, -0.2) is 48.2 Å². The van der Waals surface area contributed by atoms with Gasteiger partial charge < -0.3 is 15.0 Å². The monoisotopic (exact) mass is 604 g/mol. The predicted octanol–water partition coefficient (Wildman–Crippen LogP) is 4.52. The third kappa shape index (κ3) is 6.56. The zero-order chi connectivity index (χ0) is 31.0. The van der Waals surface area contributed by atoms with E-state index in [1.165, 1.54) is 25.3 Å². The minimum absolute atomic E-state index is 0.161. The van der Waals surface area contributed by atoms with Gasteiger partial charge >= 0.3 is 12.4 Å². The van der Waals surface area contributed by atoms with E-state index in [-0.39, 0.29) is 28.6 Å². The molecule has 0 saturated carbocycles. The summed E-state index contributed by atoms with van der Waals surface area (Å²) in [6.07, 6.45) is -11.6. The van der Waals surface area contributed by atoms with E-state index < -0.39 is 71.0 Å². The van der Waals surface area contributed by atoms with Crippen LogP contribution in [0.5, 0.6) is 0 Å². The molecule has 0 spiro atoms. The molecule has 4 rings (SSSR count). The van der Waals surface area contributed by atoms with E-state index in [1.54, 1.807) is 5.10 Å². The van der Waals surface area contributed by atoms with Crippen LogP contribution in [0.4, 0.5) is 40.8 Å². The third-order valence-electron chi connectivity index (χ3n) is 6.15. The molecule has 0 aliphatic rings. The number of hydrogen-bond donors (Lipinski definition) is 3. The summed E-state index contributed by atoms with van der Waals surface area (Å²) >= 11 is 0. The number of H-pyrrole nitrogens is 1. The Bertz CT molecular complexity index is 1700. The Hall–Kier alpha value is -4.41. The van der Waals surface area contributed by atoms with Crippen molar-refractivity contribution in [3.05, 3.63) is 80.6 Å². The first kappa shape index (κ1) is 30.5. The third-order valence-corrected chi connectivity index (χ3v) is 6.15. The summed E-state index contributed by atoms with van der Waals surface area (Å²) in [6.45, 7) is 0.836. The molecule has 224 valence electrons. The summed E-state index contributed by atoms with van der Waals surface area (Å²) in [5.41, 5.74) is -5.33. The van der Waals surface area contributed by atoms with Crippen LogP contribution in [0.2, 0.25) is 0 Å². The molecule has 3 N–H and O–H groups in total. The van der Waals surface area contributed by atoms with Gasteiger partial charge in [-0.25, -0.2) is 23.8 Å². The maximum atomic E-state index is 14.9. The number of fused-ring (bicyclic) bond motifs is 1. The zero-order valence-electron chi connectivity index (χ0n) is 21.3. The van der Waals surface area contributed by atoms with Gasteiger partial charge in [0.15, 0.2) is 11.9 Å². The number of hydrogen-bond acceptors (Lipinski definition) is 7. The Balaban J connectivity index is 1.51. The number of aromatic amines is 1. The van der Waals surface area contributed by atoms with Gasteiger partial charge in [0.05, 0.1) is 29.4 Å². The van der Waals surface area contributed by atoms with E-state index in [1.807, 2.05) is 0 Å². The molecule has 1 aromatic carbocycles. The van der Waals surface area contributed by atoms with Crippen molar-refractivity contribution in [1.29, 1.82) is 0 Å². The molecule has 3 heterocycles. The van der Waals surface area contributed by atoms with Gasteiger partial charge in [0.2, 0.25) is 0 Å². The number of halogens is 8. The van der Waals surface area contributed by atoms with Crippen LogP contribution in [0.1, 0.15) is 30.6 Å². The average molecular weight is 604 g/mol. The largest absolute Gasteiger partial charge is 0.423 e. The van der Waals surface area contributed by atoms with Crippen molar-refractivity contribution in [2.45, 2.75) is 50.6 Å². The predicted molar refractivity (Wildman–Crippen MR) is 133 cm³/mol. The number of benzene rings is 1. The Morgan fingerprint density at radius 1 is 1.07 bits per heavy atom. The van der Waals surface area contributed by atoms with Gasteiger partial charge in [-0.3, -0.25) is 9.59 Å². The lowest BCUT2D eigenvalue weighted by Gasteiger charge is -2.20. The summed E-state index contributed by atoms with van der Waals surface area (Å²) in [6, 6.07) is 2.44. The molecule has 0 aliphatic heterocycles. The summed E-state index contributed by atoms with van der Waals surface area (Å²) < 4.78 is 108. The average Bonchev–Trinajstić information content (AvgIpc) is 2.88. The maximum Gasteiger partial charge on any atom is 0.423 e. The molecule has 3 atom stereocenters. The van der Waals surface area contributed by atoms with E-state index in [0.717, 1.165) is 16.8 Å². The molecule has 42 heavy (non-hydrogen) atoms. The lowest BCUT2D eigenvalue weighted by atomic mass is 10.1. The van der Waals surface area contributed by atoms with E-state index in [4.69, 9.17) is 0 Å². The molecular weight excluding hydrogens is 584 g/mol. The van der Waals surface area contributed by atoms with Crippen LogP contribution in [0.15, 0.2) is 52.6 Å². The van der Waals surface area contributed by atoms with Crippen molar-refractivity contribution in [3.63, 3.8) is 0 Å². The molecule has 17 heteroatoms. The number of aromatic nitrogens is 5. The summed E-state index contributed by atoms with van der Waals surface area (Å²) in [7, 11) is 0. The van der Waals surface area contributed by atoms with E-state index in [2.05, 4.69) is 20.4 Å². The lowest BCUT2D eigenvalue weighted by Crippen LogP contribution is -2.30. The summed E-state index contributed by atoms with van der Waals surface area (Å²) in [5, 5.41) is 16.7. The molecule has 0 bridgehead atoms. The highest BCUT2D eigenvalue weighted by Crippen LogP contribution is 2.33. The molecule has 3 unspecified atom stereocenters. The SMILES string of the molecule is CC(CC(F)Cn1ccc2cc(-c3ncc(C(O)C(F)(F)F)cn3)c(F)cc2c1=O)Nc1cn[nH]c(=O)c1C(F)(F)F. The smallest absolute Gasteiger partial charge is 0.381 e. The Labute approximate surface area is 229 Å². The van der Waals surface area contributed by atoms with Crippen LogP contribution < -0.4 is 16.4 Å². The zero-order valence-corrected chi connectivity index (χ0v) is 21.3. The Morgan fingerprint density at radius 3 is 2.36 bits per heavy atom. The Morgan fingerprint density at radius 2 is 1.74 bits per heavy atom. The van der Waals surface area contributed by atoms with E-state index >= 15 is 0 Å². The standard InChI is InChI=1S/C25H20F8N6O3/c1-11(37-18-9-36-38-22(41)19(18)24(28,29)30)4-14(26)10-39-3-2-12-5-16(17(27)6-15(12)23(39)42)21-34-7-13(8-35-21)20(40)25(31,32)33/h2-3,5-9,11,14,20,40H,4,10H2,1H3,(H2,37,38,41). The maximum absolute atomic E-state index is 14.9. The quantitative estimate of drug-likeness (QED) is 0.253. The molecule has 0 radical (unpaired) electrons. The number of anilines is 1. The molecule has 0 fully saturated rings. The fraction of sp³-hybridized carbons (Fsp3) is 0.320. The molecule has 0 amide bonds. The van der Waals surface area contributed by atoms with Gasteiger partial charge in [0.25, 0.3) is 11.1 Å². The van der Waals surface area contributed by atoms with Gasteiger partial charge in [-0.1, -0.05) is 0 Å². The number of pyridine rings is 1. The molecule has 3 aromatic heterocycles. The van der Waals surface area contributed by atoms with Crippen LogP contribution in [0.25, 0.3) is 22.2 Å². The topological polar surface area (TPSA) is 126 Å². The second kappa shape index (κ2) is 11.5. The number of rotatable bonds is 8. The minimum atomic E-state index is -4.99. The second-order valence-corrected chi connectivity index (χ2v) is 9.34. The van der Waals surface area contributed by atoms with Gasteiger partial charge in [-0.2, -0.15) is 31.4 Å². The van der Waals surface area contributed by atoms with Gasteiger partial charge in [0, 0.05) is 36.6 Å². The normalized spacial score (nSPS) is 14.5. The second-order valence-electron chi connectivity index (χ2n) is 9.34. The minimum Gasteiger partial charge on any atom is -0.381 e. The van der Waals surface area contributed by atoms with Crippen molar-refractivity contribution in [2.75, 3.05) is 5.32 Å². The highest BCUT2D eigenvalue weighted by atomic mass is 19.4. The summed E-state index contributed by atoms with van der Waals surface area (Å²) in [5.74, 6) is -1.31. The van der Waals surface area contributed by atoms with Gasteiger partial charge in [-0.05, 0) is 30.5 Å². The van der Waals surface area contributed by atoms with Crippen LogP contribution >= 0.6 is 0 Å². The highest BCUT2D eigenvalue weighted by molar-refractivity contribution is 5.86. The summed E-state index contributed by atoms with van der Waals surface area (Å²) in [4.78, 5) is 31.9. The van der Waals surface area contributed by atoms with Crippen LogP contribution in [0.3, 0.4) is 0 Å². The number of nitrogens with zero attached hydrogens (tertiary/aromatic N) is 4. The first-order chi connectivity index (χ1) is 19.6. The first-order valence-corrected chi connectivity index (χ1v) is 12.0. The van der Waals surface area contributed by atoms with Crippen molar-refractivity contribution in [1.82, 2.24) is 24.7 Å². The number of aliphatic hydroxyl groups excluding tert-OH is 1. The van der Waals surface area contributed by atoms with Crippen molar-refractivity contribution in [2.24, 2.45) is 0 Å². The molecule has 4 aromatic rings.